The van der Waals surface area contributed by atoms with E-state index >= 15 is 0 Å². The average Bonchev–Trinajstić information content (AvgIpc) is 3.03. The number of hydrogen-bond donors (Lipinski definition) is 0. The topological polar surface area (TPSA) is 77.3 Å². The van der Waals surface area contributed by atoms with Gasteiger partial charge in [-0.25, -0.2) is 4.68 Å². The summed E-state index contributed by atoms with van der Waals surface area (Å²) in [6.07, 6.45) is 5.60. The van der Waals surface area contributed by atoms with E-state index < -0.39 is 5.97 Å². The van der Waals surface area contributed by atoms with Crippen LogP contribution in [0.25, 0.3) is 11.0 Å². The van der Waals surface area contributed by atoms with Crippen molar-refractivity contribution >= 4 is 22.9 Å². The lowest BCUT2D eigenvalue weighted by atomic mass is 9.94. The molecule has 1 heterocycles. The molecule has 1 fully saturated rings. The molecule has 0 spiro atoms. The Morgan fingerprint density at radius 3 is 2.79 bits per heavy atom. The Labute approximate surface area is 140 Å². The van der Waals surface area contributed by atoms with Crippen molar-refractivity contribution in [2.45, 2.75) is 44.7 Å². The largest absolute Gasteiger partial charge is 0.454 e. The van der Waals surface area contributed by atoms with Crippen molar-refractivity contribution in [2.75, 3.05) is 13.7 Å². The molecule has 1 aliphatic rings. The summed E-state index contributed by atoms with van der Waals surface area (Å²) < 4.78 is 6.60. The minimum Gasteiger partial charge on any atom is -0.454 e. The molecule has 7 nitrogen and oxygen atoms in total. The van der Waals surface area contributed by atoms with Gasteiger partial charge in [-0.2, -0.15) is 0 Å². The molecule has 0 N–H and O–H groups in total. The second-order valence-corrected chi connectivity index (χ2v) is 6.19. The van der Waals surface area contributed by atoms with Crippen LogP contribution in [0.3, 0.4) is 0 Å². The minimum atomic E-state index is -0.490. The van der Waals surface area contributed by atoms with Crippen molar-refractivity contribution in [3.8, 4) is 0 Å². The van der Waals surface area contributed by atoms with Crippen LogP contribution in [-0.4, -0.2) is 51.5 Å². The van der Waals surface area contributed by atoms with E-state index in [9.17, 15) is 9.59 Å². The summed E-state index contributed by atoms with van der Waals surface area (Å²) in [5.74, 6) is -0.644. The second-order valence-electron chi connectivity index (χ2n) is 6.19. The zero-order valence-corrected chi connectivity index (χ0v) is 13.9. The predicted molar refractivity (Wildman–Crippen MR) is 88.1 cm³/mol. The van der Waals surface area contributed by atoms with Gasteiger partial charge in [0.15, 0.2) is 6.61 Å². The van der Waals surface area contributed by atoms with Crippen LogP contribution in [0.4, 0.5) is 0 Å². The van der Waals surface area contributed by atoms with Gasteiger partial charge in [-0.1, -0.05) is 36.6 Å². The van der Waals surface area contributed by atoms with E-state index in [0.29, 0.717) is 0 Å². The molecule has 0 saturated heterocycles. The third kappa shape index (κ3) is 3.72. The van der Waals surface area contributed by atoms with Gasteiger partial charge in [0.2, 0.25) is 0 Å². The van der Waals surface area contributed by atoms with Crippen molar-refractivity contribution in [3.63, 3.8) is 0 Å². The molecule has 3 rings (SSSR count). The fraction of sp³-hybridized carbons (Fsp3) is 0.529. The number of ether oxygens (including phenoxy) is 1. The van der Waals surface area contributed by atoms with E-state index in [-0.39, 0.29) is 25.1 Å². The smallest absolute Gasteiger partial charge is 0.328 e. The first-order valence-electron chi connectivity index (χ1n) is 8.34. The summed E-state index contributed by atoms with van der Waals surface area (Å²) in [5.41, 5.74) is 1.48. The molecule has 128 valence electrons. The molecule has 24 heavy (non-hydrogen) atoms. The molecule has 1 aromatic carbocycles. The van der Waals surface area contributed by atoms with Gasteiger partial charge in [0.1, 0.15) is 12.1 Å². The maximum Gasteiger partial charge on any atom is 0.328 e. The van der Waals surface area contributed by atoms with Crippen LogP contribution in [0.1, 0.15) is 32.1 Å². The van der Waals surface area contributed by atoms with Gasteiger partial charge in [0.25, 0.3) is 5.91 Å². The molecule has 0 bridgehead atoms. The summed E-state index contributed by atoms with van der Waals surface area (Å²) in [4.78, 5) is 25.9. The fourth-order valence-electron chi connectivity index (χ4n) is 3.12. The number of carbonyl (C=O) groups excluding carboxylic acids is 2. The molecule has 0 aliphatic heterocycles. The number of esters is 1. The number of amides is 1. The first-order chi connectivity index (χ1) is 11.6. The molecule has 0 atom stereocenters. The molecule has 1 aliphatic carbocycles. The van der Waals surface area contributed by atoms with Crippen LogP contribution in [-0.2, 0) is 20.9 Å². The molecule has 0 unspecified atom stereocenters. The van der Waals surface area contributed by atoms with Crippen LogP contribution < -0.4 is 0 Å². The number of rotatable bonds is 5. The van der Waals surface area contributed by atoms with E-state index in [0.717, 1.165) is 36.7 Å². The third-order valence-corrected chi connectivity index (χ3v) is 4.57. The molecule has 0 radical (unpaired) electrons. The van der Waals surface area contributed by atoms with Gasteiger partial charge in [-0.05, 0) is 25.0 Å². The van der Waals surface area contributed by atoms with Crippen molar-refractivity contribution in [1.29, 1.82) is 0 Å². The van der Waals surface area contributed by atoms with Crippen LogP contribution in [0.2, 0.25) is 0 Å². The standard InChI is InChI=1S/C17H22N4O3/c1-20(13-7-3-2-4-8-13)16(22)12-24-17(23)11-21-15-10-6-5-9-14(15)18-19-21/h5-6,9-10,13H,2-4,7-8,11-12H2,1H3. The molecular formula is C17H22N4O3. The number of fused-ring (bicyclic) bond motifs is 1. The van der Waals surface area contributed by atoms with E-state index in [1.807, 2.05) is 24.3 Å². The Hall–Kier alpha value is -2.44. The van der Waals surface area contributed by atoms with Crippen molar-refractivity contribution in [1.82, 2.24) is 19.9 Å². The van der Waals surface area contributed by atoms with Crippen LogP contribution in [0.15, 0.2) is 24.3 Å². The van der Waals surface area contributed by atoms with Crippen molar-refractivity contribution in [3.05, 3.63) is 24.3 Å². The highest BCUT2D eigenvalue weighted by molar-refractivity contribution is 5.81. The summed E-state index contributed by atoms with van der Waals surface area (Å²) in [6.45, 7) is -0.278. The van der Waals surface area contributed by atoms with E-state index in [2.05, 4.69) is 10.3 Å². The highest BCUT2D eigenvalue weighted by Crippen LogP contribution is 2.21. The number of para-hydroxylation sites is 1. The van der Waals surface area contributed by atoms with Gasteiger partial charge in [-0.3, -0.25) is 9.59 Å². The highest BCUT2D eigenvalue weighted by atomic mass is 16.5. The third-order valence-electron chi connectivity index (χ3n) is 4.57. The lowest BCUT2D eigenvalue weighted by Gasteiger charge is -2.31. The second kappa shape index (κ2) is 7.42. The molecule has 1 amide bonds. The summed E-state index contributed by atoms with van der Waals surface area (Å²) >= 11 is 0. The van der Waals surface area contributed by atoms with Gasteiger partial charge in [-0.15, -0.1) is 5.10 Å². The zero-order valence-electron chi connectivity index (χ0n) is 13.9. The summed E-state index contributed by atoms with van der Waals surface area (Å²) in [5, 5.41) is 7.93. The number of hydrogen-bond acceptors (Lipinski definition) is 5. The van der Waals surface area contributed by atoms with E-state index in [4.69, 9.17) is 4.74 Å². The van der Waals surface area contributed by atoms with Crippen LogP contribution >= 0.6 is 0 Å². The van der Waals surface area contributed by atoms with Gasteiger partial charge in [0.05, 0.1) is 5.52 Å². The fourth-order valence-corrected chi connectivity index (χ4v) is 3.12. The number of benzene rings is 1. The maximum atomic E-state index is 12.2. The summed E-state index contributed by atoms with van der Waals surface area (Å²) in [6, 6.07) is 7.65. The van der Waals surface area contributed by atoms with Crippen LogP contribution in [0.5, 0.6) is 0 Å². The van der Waals surface area contributed by atoms with E-state index in [1.54, 1.807) is 11.9 Å². The summed E-state index contributed by atoms with van der Waals surface area (Å²) in [7, 11) is 1.79. The predicted octanol–water partition coefficient (Wildman–Crippen LogP) is 1.77. The Bertz CT molecular complexity index is 721. The number of aromatic nitrogens is 3. The number of nitrogens with zero attached hydrogens (tertiary/aromatic N) is 4. The van der Waals surface area contributed by atoms with Gasteiger partial charge in [0, 0.05) is 13.1 Å². The molecule has 2 aromatic rings. The average molecular weight is 330 g/mol. The van der Waals surface area contributed by atoms with Gasteiger partial charge < -0.3 is 9.64 Å². The zero-order chi connectivity index (χ0) is 16.9. The minimum absolute atomic E-state index is 0.0546. The molecule has 7 heteroatoms. The monoisotopic (exact) mass is 330 g/mol. The normalized spacial score (nSPS) is 15.4. The quantitative estimate of drug-likeness (QED) is 0.781. The molecule has 1 saturated carbocycles. The van der Waals surface area contributed by atoms with Crippen LogP contribution in [0, 0.1) is 0 Å². The Balaban J connectivity index is 1.50. The first kappa shape index (κ1) is 16.4. The highest BCUT2D eigenvalue weighted by Gasteiger charge is 2.23. The number of likely N-dealkylation sites (N-methyl/N-ethyl adjacent to an activating group) is 1. The Morgan fingerprint density at radius 2 is 2.00 bits per heavy atom. The Kier molecular flexibility index (Phi) is 5.08. The molecule has 1 aromatic heterocycles. The lowest BCUT2D eigenvalue weighted by Crippen LogP contribution is -2.40. The Morgan fingerprint density at radius 1 is 1.25 bits per heavy atom. The van der Waals surface area contributed by atoms with E-state index in [1.165, 1.54) is 11.1 Å². The molecular weight excluding hydrogens is 308 g/mol. The van der Waals surface area contributed by atoms with Crippen molar-refractivity contribution in [2.24, 2.45) is 0 Å². The first-order valence-corrected chi connectivity index (χ1v) is 8.34. The SMILES string of the molecule is CN(C(=O)COC(=O)Cn1nnc2ccccc21)C1CCCCC1. The lowest BCUT2D eigenvalue weighted by molar-refractivity contribution is -0.153. The maximum absolute atomic E-state index is 12.2. The van der Waals surface area contributed by atoms with Gasteiger partial charge >= 0.3 is 5.97 Å². The van der Waals surface area contributed by atoms with Crippen molar-refractivity contribution < 1.29 is 14.3 Å². The number of carbonyl (C=O) groups is 2.